The molecule has 1 aromatic rings. The van der Waals surface area contributed by atoms with Crippen LogP contribution >= 0.6 is 0 Å². The Bertz CT molecular complexity index is 430. The van der Waals surface area contributed by atoms with Gasteiger partial charge in [-0.05, 0) is 32.1 Å². The van der Waals surface area contributed by atoms with E-state index in [2.05, 4.69) is 14.9 Å². The second-order valence-electron chi connectivity index (χ2n) is 4.98. The van der Waals surface area contributed by atoms with Crippen LogP contribution in [0.5, 0.6) is 0 Å². The number of amides is 1. The highest BCUT2D eigenvalue weighted by Gasteiger charge is 2.18. The second kappa shape index (κ2) is 6.68. The van der Waals surface area contributed by atoms with E-state index in [4.69, 9.17) is 10.8 Å². The average molecular weight is 266 g/mol. The van der Waals surface area contributed by atoms with Crippen LogP contribution in [0.1, 0.15) is 37.9 Å². The number of unbranched alkanes of at least 4 members (excludes halogenated alkanes) is 1. The number of aliphatic hydroxyl groups excluding tert-OH is 1. The summed E-state index contributed by atoms with van der Waals surface area (Å²) in [6, 6.07) is -0.527. The maximum atomic E-state index is 12.0. The molecule has 4 N–H and O–H groups in total. The molecule has 0 saturated heterocycles. The fraction of sp³-hybridized carbons (Fsp3) is 0.692. The predicted molar refractivity (Wildman–Crippen MR) is 72.7 cm³/mol. The van der Waals surface area contributed by atoms with Gasteiger partial charge in [0.15, 0.2) is 0 Å². The third-order valence-electron chi connectivity index (χ3n) is 3.48. The van der Waals surface area contributed by atoms with Crippen LogP contribution in [0.15, 0.2) is 6.20 Å². The largest absolute Gasteiger partial charge is 0.396 e. The molecule has 0 aromatic carbocycles. The van der Waals surface area contributed by atoms with Crippen LogP contribution in [0.25, 0.3) is 0 Å². The molecule has 6 heteroatoms. The van der Waals surface area contributed by atoms with Gasteiger partial charge >= 0.3 is 0 Å². The standard InChI is InChI=1S/C13H22N4O2/c14-10(5-2-4-8-18)13(19)16-12-9-15-11-6-1-3-7-17(11)12/h9-10,18H,1-8,14H2,(H,16,19)/t10-/m0/s1. The number of nitrogens with one attached hydrogen (secondary N) is 1. The molecule has 1 aromatic heterocycles. The second-order valence-corrected chi connectivity index (χ2v) is 4.98. The Morgan fingerprint density at radius 1 is 1.53 bits per heavy atom. The normalized spacial score (nSPS) is 15.9. The Kier molecular flexibility index (Phi) is 4.93. The first-order valence-corrected chi connectivity index (χ1v) is 6.94. The van der Waals surface area contributed by atoms with Gasteiger partial charge in [0.1, 0.15) is 11.6 Å². The molecule has 0 spiro atoms. The molecule has 0 aliphatic carbocycles. The minimum atomic E-state index is -0.527. The molecule has 106 valence electrons. The molecule has 1 amide bonds. The molecular weight excluding hydrogens is 244 g/mol. The van der Waals surface area contributed by atoms with Crippen molar-refractivity contribution in [3.8, 4) is 0 Å². The maximum absolute atomic E-state index is 12.0. The molecule has 0 bridgehead atoms. The lowest BCUT2D eigenvalue weighted by molar-refractivity contribution is -0.117. The summed E-state index contributed by atoms with van der Waals surface area (Å²) in [6.45, 7) is 1.05. The van der Waals surface area contributed by atoms with Crippen LogP contribution in [0, 0.1) is 0 Å². The molecule has 2 rings (SSSR count). The summed E-state index contributed by atoms with van der Waals surface area (Å²) in [5.74, 6) is 1.61. The number of rotatable bonds is 6. The van der Waals surface area contributed by atoms with E-state index in [1.54, 1.807) is 6.20 Å². The number of carbonyl (C=O) groups excluding carboxylic acids is 1. The Morgan fingerprint density at radius 2 is 2.37 bits per heavy atom. The van der Waals surface area contributed by atoms with Crippen LogP contribution < -0.4 is 11.1 Å². The van der Waals surface area contributed by atoms with Crippen molar-refractivity contribution in [2.75, 3.05) is 11.9 Å². The Hall–Kier alpha value is -1.40. The molecule has 1 atom stereocenters. The van der Waals surface area contributed by atoms with E-state index in [0.29, 0.717) is 12.8 Å². The third-order valence-corrected chi connectivity index (χ3v) is 3.48. The van der Waals surface area contributed by atoms with Crippen LogP contribution in [-0.2, 0) is 17.8 Å². The van der Waals surface area contributed by atoms with Crippen molar-refractivity contribution < 1.29 is 9.90 Å². The Labute approximate surface area is 113 Å². The van der Waals surface area contributed by atoms with E-state index in [9.17, 15) is 4.79 Å². The summed E-state index contributed by atoms with van der Waals surface area (Å²) in [5, 5.41) is 11.6. The number of carbonyl (C=O) groups is 1. The number of hydrogen-bond donors (Lipinski definition) is 3. The molecule has 0 fully saturated rings. The fourth-order valence-electron chi connectivity index (χ4n) is 2.34. The van der Waals surface area contributed by atoms with Gasteiger partial charge in [-0.1, -0.05) is 0 Å². The zero-order valence-corrected chi connectivity index (χ0v) is 11.1. The summed E-state index contributed by atoms with van der Waals surface area (Å²) >= 11 is 0. The van der Waals surface area contributed by atoms with Crippen molar-refractivity contribution in [1.29, 1.82) is 0 Å². The highest BCUT2D eigenvalue weighted by molar-refractivity contribution is 5.93. The molecule has 0 radical (unpaired) electrons. The number of aliphatic hydroxyl groups is 1. The first kappa shape index (κ1) is 14.0. The molecule has 0 saturated carbocycles. The zero-order valence-electron chi connectivity index (χ0n) is 11.1. The molecule has 1 aliphatic rings. The summed E-state index contributed by atoms with van der Waals surface area (Å²) in [7, 11) is 0. The SMILES string of the molecule is N[C@@H](CCCCO)C(=O)Nc1cnc2n1CCCC2. The van der Waals surface area contributed by atoms with Gasteiger partial charge in [0.05, 0.1) is 12.2 Å². The summed E-state index contributed by atoms with van der Waals surface area (Å²) in [4.78, 5) is 16.3. The highest BCUT2D eigenvalue weighted by atomic mass is 16.2. The minimum Gasteiger partial charge on any atom is -0.396 e. The number of aromatic nitrogens is 2. The predicted octanol–water partition coefficient (Wildman–Crippen LogP) is 0.648. The topological polar surface area (TPSA) is 93.2 Å². The monoisotopic (exact) mass is 266 g/mol. The molecule has 19 heavy (non-hydrogen) atoms. The summed E-state index contributed by atoms with van der Waals surface area (Å²) in [6.07, 6.45) is 6.99. The molecular formula is C13H22N4O2. The number of nitrogens with zero attached hydrogens (tertiary/aromatic N) is 2. The van der Waals surface area contributed by atoms with Crippen molar-refractivity contribution in [1.82, 2.24) is 9.55 Å². The zero-order chi connectivity index (χ0) is 13.7. The maximum Gasteiger partial charge on any atom is 0.242 e. The average Bonchev–Trinajstić information content (AvgIpc) is 2.82. The smallest absolute Gasteiger partial charge is 0.242 e. The number of aryl methyl sites for hydroxylation is 1. The van der Waals surface area contributed by atoms with Crippen molar-refractivity contribution >= 4 is 11.7 Å². The van der Waals surface area contributed by atoms with Gasteiger partial charge in [-0.25, -0.2) is 4.98 Å². The van der Waals surface area contributed by atoms with E-state index < -0.39 is 6.04 Å². The molecule has 1 aliphatic heterocycles. The van der Waals surface area contributed by atoms with Crippen LogP contribution in [0.3, 0.4) is 0 Å². The first-order valence-electron chi connectivity index (χ1n) is 6.94. The Morgan fingerprint density at radius 3 is 3.16 bits per heavy atom. The third kappa shape index (κ3) is 3.54. The van der Waals surface area contributed by atoms with E-state index in [1.165, 1.54) is 0 Å². The number of fused-ring (bicyclic) bond motifs is 1. The van der Waals surface area contributed by atoms with Crippen molar-refractivity contribution in [2.24, 2.45) is 5.73 Å². The van der Waals surface area contributed by atoms with E-state index in [-0.39, 0.29) is 12.5 Å². The molecule has 6 nitrogen and oxygen atoms in total. The molecule has 0 unspecified atom stereocenters. The van der Waals surface area contributed by atoms with E-state index >= 15 is 0 Å². The lowest BCUT2D eigenvalue weighted by atomic mass is 10.1. The van der Waals surface area contributed by atoms with Gasteiger partial charge in [0.25, 0.3) is 0 Å². The number of imidazole rings is 1. The fourth-order valence-corrected chi connectivity index (χ4v) is 2.34. The van der Waals surface area contributed by atoms with Gasteiger partial charge in [0.2, 0.25) is 5.91 Å². The van der Waals surface area contributed by atoms with Crippen molar-refractivity contribution in [3.05, 3.63) is 12.0 Å². The quantitative estimate of drug-likeness (QED) is 0.659. The summed E-state index contributed by atoms with van der Waals surface area (Å²) in [5.41, 5.74) is 5.83. The number of nitrogens with two attached hydrogens (primary N) is 1. The summed E-state index contributed by atoms with van der Waals surface area (Å²) < 4.78 is 2.06. The first-order chi connectivity index (χ1) is 9.22. The van der Waals surface area contributed by atoms with Crippen LogP contribution in [0.2, 0.25) is 0 Å². The Balaban J connectivity index is 1.89. The highest BCUT2D eigenvalue weighted by Crippen LogP contribution is 2.19. The molecule has 2 heterocycles. The van der Waals surface area contributed by atoms with Gasteiger partial charge < -0.3 is 20.7 Å². The van der Waals surface area contributed by atoms with E-state index in [0.717, 1.165) is 43.9 Å². The van der Waals surface area contributed by atoms with Gasteiger partial charge in [0, 0.05) is 19.6 Å². The van der Waals surface area contributed by atoms with Gasteiger partial charge in [-0.15, -0.1) is 0 Å². The lowest BCUT2D eigenvalue weighted by Crippen LogP contribution is -2.36. The number of anilines is 1. The lowest BCUT2D eigenvalue weighted by Gasteiger charge is -2.17. The van der Waals surface area contributed by atoms with E-state index in [1.807, 2.05) is 0 Å². The van der Waals surface area contributed by atoms with Gasteiger partial charge in [-0.3, -0.25) is 4.79 Å². The minimum absolute atomic E-state index is 0.143. The van der Waals surface area contributed by atoms with Gasteiger partial charge in [-0.2, -0.15) is 0 Å². The van der Waals surface area contributed by atoms with Crippen molar-refractivity contribution in [3.63, 3.8) is 0 Å². The van der Waals surface area contributed by atoms with Crippen molar-refractivity contribution in [2.45, 2.75) is 51.1 Å². The van der Waals surface area contributed by atoms with Crippen LogP contribution in [-0.4, -0.2) is 33.2 Å². The van der Waals surface area contributed by atoms with Crippen LogP contribution in [0.4, 0.5) is 5.82 Å². The number of hydrogen-bond acceptors (Lipinski definition) is 4.